The number of amides is 4. The highest BCUT2D eigenvalue weighted by molar-refractivity contribution is 5.98. The number of nitrogens with two attached hydrogens (primary N) is 2. The monoisotopic (exact) mass is 892 g/mol. The molecule has 0 aliphatic heterocycles. The van der Waals surface area contributed by atoms with Crippen molar-refractivity contribution in [2.45, 2.75) is 71.9 Å². The second-order valence-electron chi connectivity index (χ2n) is 14.0. The maximum atomic E-state index is 16.4. The number of carbonyl (C=O) groups is 5. The number of fused-ring (bicyclic) bond motifs is 2. The van der Waals surface area contributed by atoms with Gasteiger partial charge in [0.1, 0.15) is 11.4 Å². The van der Waals surface area contributed by atoms with E-state index in [1.54, 1.807) is 27.7 Å². The molecule has 4 amide bonds. The minimum absolute atomic E-state index is 0.00489. The number of carboxylic acids is 1. The van der Waals surface area contributed by atoms with Crippen LogP contribution in [-0.2, 0) is 45.1 Å². The normalized spacial score (nSPS) is 12.8. The van der Waals surface area contributed by atoms with Gasteiger partial charge in [-0.05, 0) is 76.2 Å². The summed E-state index contributed by atoms with van der Waals surface area (Å²) < 4.78 is 104. The first-order valence-electron chi connectivity index (χ1n) is 18.5. The molecule has 0 unspecified atom stereocenters. The van der Waals surface area contributed by atoms with Gasteiger partial charge in [0.15, 0.2) is 0 Å². The summed E-state index contributed by atoms with van der Waals surface area (Å²) in [5.74, 6) is -15.9. The number of rotatable bonds is 11. The molecule has 0 atom stereocenters. The van der Waals surface area contributed by atoms with Gasteiger partial charge in [-0.15, -0.1) is 0 Å². The van der Waals surface area contributed by atoms with Gasteiger partial charge in [0.25, 0.3) is 11.8 Å². The van der Waals surface area contributed by atoms with E-state index in [9.17, 15) is 32.3 Å². The molecular formula is C38H39F7N12O6. The van der Waals surface area contributed by atoms with E-state index >= 15 is 17.6 Å². The summed E-state index contributed by atoms with van der Waals surface area (Å²) >= 11 is 0. The van der Waals surface area contributed by atoms with Crippen LogP contribution in [0, 0.1) is 13.8 Å². The number of carboxylic acid groups (broad SMARTS) is 1. The maximum absolute atomic E-state index is 16.4. The average Bonchev–Trinajstić information content (AvgIpc) is 3.92. The van der Waals surface area contributed by atoms with Crippen molar-refractivity contribution in [2.24, 2.45) is 35.5 Å². The van der Waals surface area contributed by atoms with Crippen molar-refractivity contribution in [3.05, 3.63) is 93.7 Å². The second-order valence-corrected chi connectivity index (χ2v) is 14.0. The number of aromatic nitrogens is 8. The fraction of sp³-hybridized carbons (Fsp3) is 0.342. The van der Waals surface area contributed by atoms with E-state index in [1.165, 1.54) is 81.1 Å². The molecule has 18 nitrogen and oxygen atoms in total. The van der Waals surface area contributed by atoms with Gasteiger partial charge in [-0.25, -0.2) is 4.79 Å². The summed E-state index contributed by atoms with van der Waals surface area (Å²) in [6.07, 6.45) is -5.08. The van der Waals surface area contributed by atoms with Crippen molar-refractivity contribution >= 4 is 51.7 Å². The molecule has 4 aromatic heterocycles. The molecule has 0 fully saturated rings. The van der Waals surface area contributed by atoms with Gasteiger partial charge >= 0.3 is 24.0 Å². The molecule has 5 N–H and O–H groups in total. The van der Waals surface area contributed by atoms with Gasteiger partial charge in [0.05, 0.1) is 46.5 Å². The lowest BCUT2D eigenvalue weighted by Crippen LogP contribution is -2.49. The highest BCUT2D eigenvalue weighted by atomic mass is 19.4. The molecule has 4 heterocycles. The first-order chi connectivity index (χ1) is 29.2. The van der Waals surface area contributed by atoms with Gasteiger partial charge in [-0.3, -0.25) is 28.5 Å². The van der Waals surface area contributed by atoms with Crippen LogP contribution in [0.1, 0.15) is 66.9 Å². The fourth-order valence-corrected chi connectivity index (χ4v) is 6.56. The molecule has 2 aromatic carbocycles. The van der Waals surface area contributed by atoms with Crippen molar-refractivity contribution in [2.75, 3.05) is 0 Å². The van der Waals surface area contributed by atoms with Gasteiger partial charge in [0, 0.05) is 38.3 Å². The van der Waals surface area contributed by atoms with E-state index in [0.29, 0.717) is 11.4 Å². The molecule has 0 spiro atoms. The van der Waals surface area contributed by atoms with Crippen molar-refractivity contribution in [3.8, 4) is 0 Å². The molecular weight excluding hydrogens is 853 g/mol. The third-order valence-corrected chi connectivity index (χ3v) is 9.64. The number of hydrogen-bond donors (Lipinski definition) is 3. The zero-order chi connectivity index (χ0) is 47.1. The first-order valence-corrected chi connectivity index (χ1v) is 18.5. The lowest BCUT2D eigenvalue weighted by atomic mass is 10.1. The van der Waals surface area contributed by atoms with Crippen molar-refractivity contribution in [1.82, 2.24) is 37.8 Å². The van der Waals surface area contributed by atoms with E-state index in [1.807, 2.05) is 0 Å². The van der Waals surface area contributed by atoms with Crippen LogP contribution in [0.25, 0.3) is 22.1 Å². The number of halogens is 7. The number of alkyl halides is 7. The van der Waals surface area contributed by atoms with E-state index in [2.05, 4.69) is 20.2 Å². The Balaban J connectivity index is 0.000000985. The minimum Gasteiger partial charge on any atom is -0.475 e. The Bertz CT molecular complexity index is 2780. The zero-order valence-corrected chi connectivity index (χ0v) is 34.2. The Kier molecular flexibility index (Phi) is 12.8. The molecule has 63 heavy (non-hydrogen) atoms. The molecule has 0 saturated carbocycles. The Morgan fingerprint density at radius 1 is 0.619 bits per heavy atom. The van der Waals surface area contributed by atoms with E-state index in [-0.39, 0.29) is 57.7 Å². The summed E-state index contributed by atoms with van der Waals surface area (Å²) in [6, 6.07) is 10.4. The smallest absolute Gasteiger partial charge is 0.475 e. The lowest BCUT2D eigenvalue weighted by Gasteiger charge is -2.27. The van der Waals surface area contributed by atoms with Crippen molar-refractivity contribution in [1.29, 1.82) is 0 Å². The molecule has 0 saturated heterocycles. The van der Waals surface area contributed by atoms with Crippen LogP contribution >= 0.6 is 0 Å². The van der Waals surface area contributed by atoms with Crippen LogP contribution in [0.5, 0.6) is 0 Å². The quantitative estimate of drug-likeness (QED) is 0.162. The van der Waals surface area contributed by atoms with Crippen LogP contribution in [0.15, 0.2) is 58.5 Å². The molecule has 0 aliphatic rings. The molecule has 25 heteroatoms. The van der Waals surface area contributed by atoms with Crippen LogP contribution in [-0.4, -0.2) is 90.6 Å². The Morgan fingerprint density at radius 3 is 1.24 bits per heavy atom. The van der Waals surface area contributed by atoms with Crippen molar-refractivity contribution < 1.29 is 59.8 Å². The number of primary amides is 2. The third kappa shape index (κ3) is 9.30. The van der Waals surface area contributed by atoms with E-state index in [4.69, 9.17) is 21.4 Å². The first kappa shape index (κ1) is 46.7. The van der Waals surface area contributed by atoms with E-state index in [0.717, 1.165) is 9.13 Å². The number of imidazole rings is 2. The highest BCUT2D eigenvalue weighted by Gasteiger charge is 2.57. The number of aryl methyl sites for hydroxylation is 6. The molecule has 0 aliphatic carbocycles. The predicted molar refractivity (Wildman–Crippen MR) is 208 cm³/mol. The summed E-state index contributed by atoms with van der Waals surface area (Å²) in [5, 5.41) is 15.6. The van der Waals surface area contributed by atoms with Crippen LogP contribution < -0.4 is 22.7 Å². The van der Waals surface area contributed by atoms with Gasteiger partial charge in [-0.1, -0.05) is 0 Å². The predicted octanol–water partition coefficient (Wildman–Crippen LogP) is 3.61. The Morgan fingerprint density at radius 2 is 0.952 bits per heavy atom. The number of carbonyl (C=O) groups excluding carboxylic acids is 4. The molecule has 336 valence electrons. The molecule has 6 rings (SSSR count). The summed E-state index contributed by atoms with van der Waals surface area (Å²) in [7, 11) is 2.74. The zero-order valence-electron chi connectivity index (χ0n) is 34.2. The number of aliphatic carboxylic acids is 1. The maximum Gasteiger partial charge on any atom is 0.490 e. The topological polar surface area (TPSA) is 238 Å². The highest BCUT2D eigenvalue weighted by Crippen LogP contribution is 2.38. The lowest BCUT2D eigenvalue weighted by molar-refractivity contribution is -0.221. The van der Waals surface area contributed by atoms with Crippen LogP contribution in [0.3, 0.4) is 0 Å². The van der Waals surface area contributed by atoms with E-state index < -0.39 is 71.9 Å². The minimum atomic E-state index is -5.08. The molecule has 0 radical (unpaired) electrons. The van der Waals surface area contributed by atoms with Crippen LogP contribution in [0.4, 0.5) is 30.7 Å². The number of hydrogen-bond acceptors (Lipinski definition) is 7. The van der Waals surface area contributed by atoms with Crippen LogP contribution in [0.2, 0.25) is 0 Å². The largest absolute Gasteiger partial charge is 0.490 e. The Labute approximate surface area is 350 Å². The number of benzene rings is 2. The van der Waals surface area contributed by atoms with Gasteiger partial charge in [-0.2, -0.15) is 50.9 Å². The summed E-state index contributed by atoms with van der Waals surface area (Å²) in [4.78, 5) is 68.1. The van der Waals surface area contributed by atoms with Crippen molar-refractivity contribution in [3.63, 3.8) is 0 Å². The number of nitrogens with zero attached hydrogens (tertiary/aromatic N) is 10. The molecule has 6 aromatic rings. The average molecular weight is 893 g/mol. The summed E-state index contributed by atoms with van der Waals surface area (Å²) in [6.45, 7) is 3.93. The summed E-state index contributed by atoms with van der Waals surface area (Å²) in [5.41, 5.74) is 11.2. The van der Waals surface area contributed by atoms with Gasteiger partial charge in [0.2, 0.25) is 23.1 Å². The molecule has 0 bridgehead atoms. The second kappa shape index (κ2) is 17.2. The standard InChI is InChI=1S/C36H38F4N12O4.C2HF3O2/c1-7-51-27(13-19(3)45-51)31(55)43-33-47(5)25-15-21(29(41)53)9-11-23(25)49(33)17-35(37,38)36(39,40)18-50-24-12-10-22(30(42)54)16-26(24)48(6)34(50)44-32(56)28-14-20(4)46-52(28)8-2;3-2(4,5)1(6)7/h9-16H,7-8,17-18H2,1-6H3,(H2,41,53)(H2,42,54);(H,6,7)/b43-33+,44-34+;. The Hall–Kier alpha value is -7.34. The third-order valence-electron chi connectivity index (χ3n) is 9.64. The van der Waals surface area contributed by atoms with Gasteiger partial charge < -0.3 is 34.8 Å². The fourth-order valence-electron chi connectivity index (χ4n) is 6.56. The SMILES string of the molecule is CCn1nc(C)cc1C(=O)/N=c1\n(C)c2cc(C(N)=O)ccc2n1CC(F)(F)C(F)(F)Cn1/c(=N/C(=O)c2cc(C)nn2CC)n(C)c2cc(C(N)=O)ccc21.O=C(O)C(F)(F)F.